The Morgan fingerprint density at radius 2 is 1.21 bits per heavy atom. The van der Waals surface area contributed by atoms with Crippen molar-refractivity contribution < 1.29 is 31.1 Å². The van der Waals surface area contributed by atoms with E-state index < -0.39 is 26.7 Å². The third-order valence-electron chi connectivity index (χ3n) is 6.67. The van der Waals surface area contributed by atoms with E-state index in [1.165, 1.54) is 18.5 Å². The molecule has 2 heterocycles. The molecule has 252 valence electrons. The van der Waals surface area contributed by atoms with Crippen LogP contribution in [-0.2, 0) is 16.2 Å². The molecule has 0 aliphatic heterocycles. The summed E-state index contributed by atoms with van der Waals surface area (Å²) in [4.78, 5) is 7.35. The maximum atomic E-state index is 13.0. The zero-order chi connectivity index (χ0) is 35.4. The predicted octanol–water partition coefficient (Wildman–Crippen LogP) is 10.3. The maximum Gasteiger partial charge on any atom is 0.416 e. The molecular weight excluding hydrogens is 712 g/mol. The van der Waals surface area contributed by atoms with Crippen LogP contribution in [0.1, 0.15) is 27.8 Å². The zero-order valence-corrected chi connectivity index (χ0v) is 28.9. The minimum absolute atomic E-state index is 0.0849. The number of rotatable bonds is 7. The first-order valence-corrected chi connectivity index (χ1v) is 16.5. The van der Waals surface area contributed by atoms with Crippen molar-refractivity contribution in [3.63, 3.8) is 0 Å². The Balaban J connectivity index is 0.000000257. The Kier molecular flexibility index (Phi) is 11.4. The maximum absolute atomic E-state index is 13.0. The van der Waals surface area contributed by atoms with E-state index in [4.69, 9.17) is 50.0 Å². The highest BCUT2D eigenvalue weighted by Crippen LogP contribution is 2.37. The fourth-order valence-corrected chi connectivity index (χ4v) is 6.21. The van der Waals surface area contributed by atoms with Gasteiger partial charge in [-0.15, -0.1) is 0 Å². The number of halogens is 6. The third kappa shape index (κ3) is 9.01. The van der Waals surface area contributed by atoms with Crippen LogP contribution in [0, 0.1) is 27.7 Å². The van der Waals surface area contributed by atoms with Gasteiger partial charge in [0.15, 0.2) is 0 Å². The minimum atomic E-state index is -4.75. The number of nitrogens with one attached hydrogen (secondary N) is 1. The van der Waals surface area contributed by atoms with Gasteiger partial charge in [-0.3, -0.25) is 4.72 Å². The molecule has 2 aromatic heterocycles. The van der Waals surface area contributed by atoms with Gasteiger partial charge in [0.05, 0.1) is 26.3 Å². The summed E-state index contributed by atoms with van der Waals surface area (Å²) in [5, 5.41) is 0.200. The second-order valence-electron chi connectivity index (χ2n) is 10.4. The number of aryl methyl sites for hydroxylation is 4. The van der Waals surface area contributed by atoms with E-state index >= 15 is 0 Å². The molecule has 0 aliphatic carbocycles. The monoisotopic (exact) mass is 738 g/mol. The van der Waals surface area contributed by atoms with Crippen molar-refractivity contribution in [1.82, 2.24) is 9.97 Å². The Morgan fingerprint density at radius 3 is 1.71 bits per heavy atom. The van der Waals surface area contributed by atoms with Gasteiger partial charge < -0.3 is 15.2 Å². The van der Waals surface area contributed by atoms with Gasteiger partial charge in [0.1, 0.15) is 22.1 Å². The molecule has 3 N–H and O–H groups in total. The Morgan fingerprint density at radius 1 is 0.729 bits per heavy atom. The average molecular weight is 740 g/mol. The van der Waals surface area contributed by atoms with Crippen molar-refractivity contribution in [2.45, 2.75) is 38.8 Å². The first-order chi connectivity index (χ1) is 22.5. The quantitative estimate of drug-likeness (QED) is 0.171. The summed E-state index contributed by atoms with van der Waals surface area (Å²) in [6, 6.07) is 16.2. The van der Waals surface area contributed by atoms with Crippen LogP contribution in [-0.4, -0.2) is 18.4 Å². The summed E-state index contributed by atoms with van der Waals surface area (Å²) in [5.74, 6) is 1.49. The molecule has 0 bridgehead atoms. The molecule has 15 heteroatoms. The number of sulfonamides is 1. The highest BCUT2D eigenvalue weighted by molar-refractivity contribution is 7.92. The van der Waals surface area contributed by atoms with E-state index in [2.05, 4.69) is 14.7 Å². The van der Waals surface area contributed by atoms with Crippen molar-refractivity contribution in [1.29, 1.82) is 0 Å². The number of nitrogens with zero attached hydrogens (tertiary/aromatic N) is 2. The highest BCUT2D eigenvalue weighted by Gasteiger charge is 2.33. The van der Waals surface area contributed by atoms with Gasteiger partial charge in [0.25, 0.3) is 10.0 Å². The average Bonchev–Trinajstić information content (AvgIpc) is 2.99. The van der Waals surface area contributed by atoms with E-state index in [1.807, 2.05) is 38.1 Å². The SMILES string of the molecule is Cc1cccc(C)c1Oc1ncc(Cl)cc1N.Cc1cccc(C)c1Oc1ncc(Cl)cc1NS(=O)(=O)c1cc(C(F)(F)F)ccc1Cl. The van der Waals surface area contributed by atoms with Crippen molar-refractivity contribution in [3.05, 3.63) is 122 Å². The Bertz CT molecular complexity index is 2040. The molecule has 3 aromatic carbocycles. The number of nitrogen functional groups attached to an aromatic ring is 1. The van der Waals surface area contributed by atoms with E-state index in [0.29, 0.717) is 34.5 Å². The predicted molar refractivity (Wildman–Crippen MR) is 182 cm³/mol. The van der Waals surface area contributed by atoms with Gasteiger partial charge >= 0.3 is 6.18 Å². The summed E-state index contributed by atoms with van der Waals surface area (Å²) in [7, 11) is -4.54. The number of hydrogen-bond acceptors (Lipinski definition) is 7. The van der Waals surface area contributed by atoms with Gasteiger partial charge in [-0.1, -0.05) is 71.2 Å². The normalized spacial score (nSPS) is 11.4. The molecule has 0 spiro atoms. The van der Waals surface area contributed by atoms with Crippen LogP contribution in [0.15, 0.2) is 84.0 Å². The molecule has 5 rings (SSSR count). The molecule has 48 heavy (non-hydrogen) atoms. The van der Waals surface area contributed by atoms with E-state index in [0.717, 1.165) is 34.1 Å². The topological polar surface area (TPSA) is 116 Å². The number of nitrogens with two attached hydrogens (primary N) is 1. The Hall–Kier alpha value is -4.23. The first kappa shape index (κ1) is 36.6. The lowest BCUT2D eigenvalue weighted by Crippen LogP contribution is -2.16. The molecular formula is C33H28Cl3F3N4O4S. The smallest absolute Gasteiger partial charge is 0.416 e. The van der Waals surface area contributed by atoms with Crippen LogP contribution in [0.4, 0.5) is 24.5 Å². The summed E-state index contributed by atoms with van der Waals surface area (Å²) in [6.45, 7) is 7.55. The zero-order valence-electron chi connectivity index (χ0n) is 25.8. The lowest BCUT2D eigenvalue weighted by atomic mass is 10.1. The van der Waals surface area contributed by atoms with Crippen LogP contribution in [0.5, 0.6) is 23.3 Å². The summed E-state index contributed by atoms with van der Waals surface area (Å²) < 4.78 is 78.6. The van der Waals surface area contributed by atoms with Crippen molar-refractivity contribution in [2.75, 3.05) is 10.5 Å². The van der Waals surface area contributed by atoms with Gasteiger partial charge in [0, 0.05) is 12.4 Å². The number of aromatic nitrogens is 2. The molecule has 0 saturated carbocycles. The van der Waals surface area contributed by atoms with Crippen LogP contribution < -0.4 is 19.9 Å². The van der Waals surface area contributed by atoms with Gasteiger partial charge in [-0.05, 0) is 80.3 Å². The molecule has 0 radical (unpaired) electrons. The summed E-state index contributed by atoms with van der Waals surface area (Å²) >= 11 is 17.6. The second-order valence-corrected chi connectivity index (χ2v) is 13.4. The molecule has 0 saturated heterocycles. The molecule has 0 unspecified atom stereocenters. The van der Waals surface area contributed by atoms with E-state index in [9.17, 15) is 21.6 Å². The van der Waals surface area contributed by atoms with Crippen LogP contribution >= 0.6 is 34.8 Å². The molecule has 0 atom stereocenters. The largest absolute Gasteiger partial charge is 0.437 e. The second kappa shape index (κ2) is 14.9. The summed E-state index contributed by atoms with van der Waals surface area (Å²) in [6.07, 6.45) is -1.98. The van der Waals surface area contributed by atoms with Crippen molar-refractivity contribution in [3.8, 4) is 23.3 Å². The van der Waals surface area contributed by atoms with Gasteiger partial charge in [0.2, 0.25) is 11.8 Å². The molecule has 8 nitrogen and oxygen atoms in total. The summed E-state index contributed by atoms with van der Waals surface area (Å²) in [5.41, 5.74) is 8.53. The van der Waals surface area contributed by atoms with Crippen LogP contribution in [0.25, 0.3) is 0 Å². The minimum Gasteiger partial charge on any atom is -0.437 e. The van der Waals surface area contributed by atoms with Crippen LogP contribution in [0.2, 0.25) is 15.1 Å². The number of anilines is 2. The number of para-hydroxylation sites is 2. The Labute approximate surface area is 290 Å². The highest BCUT2D eigenvalue weighted by atomic mass is 35.5. The number of benzene rings is 3. The van der Waals surface area contributed by atoms with E-state index in [-0.39, 0.29) is 21.6 Å². The molecule has 0 aliphatic rings. The third-order valence-corrected chi connectivity index (χ3v) is 8.93. The number of pyridine rings is 2. The van der Waals surface area contributed by atoms with Crippen molar-refractivity contribution >= 4 is 56.2 Å². The number of ether oxygens (including phenoxy) is 2. The molecule has 0 fully saturated rings. The lowest BCUT2D eigenvalue weighted by molar-refractivity contribution is -0.137. The van der Waals surface area contributed by atoms with Gasteiger partial charge in [-0.2, -0.15) is 13.2 Å². The molecule has 0 amide bonds. The van der Waals surface area contributed by atoms with Gasteiger partial charge in [-0.25, -0.2) is 18.4 Å². The van der Waals surface area contributed by atoms with Crippen molar-refractivity contribution in [2.24, 2.45) is 0 Å². The first-order valence-electron chi connectivity index (χ1n) is 13.9. The number of hydrogen-bond donors (Lipinski definition) is 2. The number of alkyl halides is 3. The lowest BCUT2D eigenvalue weighted by Gasteiger charge is -2.16. The fourth-order valence-electron chi connectivity index (χ4n) is 4.31. The van der Waals surface area contributed by atoms with Crippen LogP contribution in [0.3, 0.4) is 0 Å². The fraction of sp³-hybridized carbons (Fsp3) is 0.152. The van der Waals surface area contributed by atoms with E-state index in [1.54, 1.807) is 32.0 Å². The standard InChI is InChI=1S/C20H15Cl2F3N2O3S.C13H13ClN2O/c1-11-4-3-5-12(2)18(11)30-19-16(9-14(21)10-26-19)27-31(28,29)17-8-13(20(23,24)25)6-7-15(17)22;1-8-4-3-5-9(2)12(8)17-13-11(15)6-10(14)7-16-13/h3-10,27H,1-2H3;3-7H,15H2,1-2H3. The molecule has 5 aromatic rings.